The Morgan fingerprint density at radius 3 is 2.27 bits per heavy atom. The SMILES string of the molecule is CCN(CC)CC(O)c1cc2ccc(Cl)cc2nc1-c1ccc(Cl)cc1. The molecular formula is C21H22Cl2N2O. The van der Waals surface area contributed by atoms with Gasteiger partial charge in [0.2, 0.25) is 0 Å². The lowest BCUT2D eigenvalue weighted by Crippen LogP contribution is -2.28. The van der Waals surface area contributed by atoms with Crippen LogP contribution in [0.1, 0.15) is 25.5 Å². The van der Waals surface area contributed by atoms with Crippen molar-refractivity contribution in [3.8, 4) is 11.3 Å². The summed E-state index contributed by atoms with van der Waals surface area (Å²) in [5.41, 5.74) is 3.30. The predicted molar refractivity (Wildman–Crippen MR) is 110 cm³/mol. The Labute approximate surface area is 164 Å². The molecule has 0 aliphatic heterocycles. The molecule has 0 aliphatic carbocycles. The molecule has 0 spiro atoms. The van der Waals surface area contributed by atoms with Crippen LogP contribution in [0.4, 0.5) is 0 Å². The van der Waals surface area contributed by atoms with E-state index in [1.807, 2.05) is 48.5 Å². The van der Waals surface area contributed by atoms with Crippen molar-refractivity contribution in [1.29, 1.82) is 0 Å². The van der Waals surface area contributed by atoms with Crippen molar-refractivity contribution in [2.24, 2.45) is 0 Å². The van der Waals surface area contributed by atoms with Gasteiger partial charge in [0.15, 0.2) is 0 Å². The molecule has 1 N–H and O–H groups in total. The van der Waals surface area contributed by atoms with Gasteiger partial charge in [0, 0.05) is 33.1 Å². The van der Waals surface area contributed by atoms with Crippen molar-refractivity contribution in [1.82, 2.24) is 9.88 Å². The molecule has 0 saturated carbocycles. The Kier molecular flexibility index (Phi) is 6.15. The van der Waals surface area contributed by atoms with Crippen LogP contribution in [0.15, 0.2) is 48.5 Å². The molecule has 3 aromatic rings. The van der Waals surface area contributed by atoms with Gasteiger partial charge in [-0.05, 0) is 43.4 Å². The van der Waals surface area contributed by atoms with E-state index in [2.05, 4.69) is 18.7 Å². The van der Waals surface area contributed by atoms with Gasteiger partial charge in [-0.1, -0.05) is 55.2 Å². The summed E-state index contributed by atoms with van der Waals surface area (Å²) in [6.07, 6.45) is -0.631. The van der Waals surface area contributed by atoms with E-state index in [4.69, 9.17) is 28.2 Å². The van der Waals surface area contributed by atoms with Crippen LogP contribution < -0.4 is 0 Å². The average molecular weight is 389 g/mol. The molecule has 3 rings (SSSR count). The number of pyridine rings is 1. The van der Waals surface area contributed by atoms with Gasteiger partial charge in [0.05, 0.1) is 17.3 Å². The van der Waals surface area contributed by atoms with E-state index in [-0.39, 0.29) is 0 Å². The third-order valence-corrected chi connectivity index (χ3v) is 5.10. The topological polar surface area (TPSA) is 36.4 Å². The fourth-order valence-corrected chi connectivity index (χ4v) is 3.37. The van der Waals surface area contributed by atoms with Crippen molar-refractivity contribution in [3.05, 3.63) is 64.1 Å². The number of halogens is 2. The van der Waals surface area contributed by atoms with Crippen LogP contribution in [-0.4, -0.2) is 34.6 Å². The van der Waals surface area contributed by atoms with Crippen LogP contribution >= 0.6 is 23.2 Å². The first kappa shape index (κ1) is 19.1. The molecule has 1 unspecified atom stereocenters. The van der Waals surface area contributed by atoms with Gasteiger partial charge in [-0.25, -0.2) is 4.98 Å². The molecule has 0 bridgehead atoms. The molecule has 1 heterocycles. The second-order valence-corrected chi connectivity index (χ2v) is 7.14. The summed E-state index contributed by atoms with van der Waals surface area (Å²) in [5, 5.41) is 13.2. The minimum absolute atomic E-state index is 0.564. The fourth-order valence-electron chi connectivity index (χ4n) is 3.07. The summed E-state index contributed by atoms with van der Waals surface area (Å²) in [6.45, 7) is 6.53. The van der Waals surface area contributed by atoms with Gasteiger partial charge < -0.3 is 10.0 Å². The molecular weight excluding hydrogens is 367 g/mol. The molecule has 1 aromatic heterocycles. The Balaban J connectivity index is 2.13. The summed E-state index contributed by atoms with van der Waals surface area (Å²) in [7, 11) is 0. The summed E-state index contributed by atoms with van der Waals surface area (Å²) in [5.74, 6) is 0. The highest BCUT2D eigenvalue weighted by molar-refractivity contribution is 6.31. The van der Waals surface area contributed by atoms with Crippen molar-refractivity contribution in [2.45, 2.75) is 20.0 Å². The van der Waals surface area contributed by atoms with Gasteiger partial charge in [0.1, 0.15) is 0 Å². The van der Waals surface area contributed by atoms with Gasteiger partial charge in [-0.3, -0.25) is 0 Å². The number of hydrogen-bond acceptors (Lipinski definition) is 3. The third-order valence-electron chi connectivity index (χ3n) is 4.61. The Hall–Kier alpha value is -1.65. The van der Waals surface area contributed by atoms with E-state index in [0.717, 1.165) is 40.8 Å². The van der Waals surface area contributed by atoms with Gasteiger partial charge in [-0.2, -0.15) is 0 Å². The van der Waals surface area contributed by atoms with Crippen LogP contribution in [0.25, 0.3) is 22.2 Å². The normalized spacial score (nSPS) is 12.7. The van der Waals surface area contributed by atoms with E-state index in [9.17, 15) is 5.11 Å². The van der Waals surface area contributed by atoms with Crippen molar-refractivity contribution < 1.29 is 5.11 Å². The van der Waals surface area contributed by atoms with Crippen molar-refractivity contribution >= 4 is 34.1 Å². The maximum Gasteiger partial charge on any atom is 0.0938 e. The minimum atomic E-state index is -0.631. The Morgan fingerprint density at radius 2 is 1.62 bits per heavy atom. The smallest absolute Gasteiger partial charge is 0.0938 e. The zero-order valence-corrected chi connectivity index (χ0v) is 16.4. The summed E-state index contributed by atoms with van der Waals surface area (Å²) >= 11 is 12.2. The molecule has 1 atom stereocenters. The maximum atomic E-state index is 10.9. The molecule has 5 heteroatoms. The van der Waals surface area contributed by atoms with E-state index < -0.39 is 6.10 Å². The number of aliphatic hydroxyl groups excluding tert-OH is 1. The molecule has 0 radical (unpaired) electrons. The number of hydrogen-bond donors (Lipinski definition) is 1. The van der Waals surface area contributed by atoms with Crippen LogP contribution in [-0.2, 0) is 0 Å². The highest BCUT2D eigenvalue weighted by Crippen LogP contribution is 2.32. The number of aromatic nitrogens is 1. The second-order valence-electron chi connectivity index (χ2n) is 6.27. The largest absolute Gasteiger partial charge is 0.387 e. The molecule has 26 heavy (non-hydrogen) atoms. The lowest BCUT2D eigenvalue weighted by atomic mass is 9.99. The van der Waals surface area contributed by atoms with Crippen LogP contribution in [0.3, 0.4) is 0 Å². The number of benzene rings is 2. The van der Waals surface area contributed by atoms with Crippen molar-refractivity contribution in [2.75, 3.05) is 19.6 Å². The number of aliphatic hydroxyl groups is 1. The Bertz CT molecular complexity index is 892. The van der Waals surface area contributed by atoms with E-state index in [1.54, 1.807) is 0 Å². The van der Waals surface area contributed by atoms with Gasteiger partial charge in [0.25, 0.3) is 0 Å². The summed E-state index contributed by atoms with van der Waals surface area (Å²) in [4.78, 5) is 7.01. The molecule has 3 nitrogen and oxygen atoms in total. The fraction of sp³-hybridized carbons (Fsp3) is 0.286. The zero-order valence-electron chi connectivity index (χ0n) is 14.9. The quantitative estimate of drug-likeness (QED) is 0.598. The number of fused-ring (bicyclic) bond motifs is 1. The average Bonchev–Trinajstić information content (AvgIpc) is 2.65. The first-order valence-electron chi connectivity index (χ1n) is 8.78. The molecule has 0 fully saturated rings. The molecule has 0 amide bonds. The van der Waals surface area contributed by atoms with E-state index in [0.29, 0.717) is 16.6 Å². The van der Waals surface area contributed by atoms with Crippen LogP contribution in [0.5, 0.6) is 0 Å². The molecule has 2 aromatic carbocycles. The lowest BCUT2D eigenvalue weighted by molar-refractivity contribution is 0.119. The number of nitrogens with zero attached hydrogens (tertiary/aromatic N) is 2. The first-order valence-corrected chi connectivity index (χ1v) is 9.54. The van der Waals surface area contributed by atoms with Crippen LogP contribution in [0.2, 0.25) is 10.0 Å². The second kappa shape index (κ2) is 8.36. The number of likely N-dealkylation sites (N-methyl/N-ethyl adjacent to an activating group) is 1. The maximum absolute atomic E-state index is 10.9. The van der Waals surface area contributed by atoms with E-state index in [1.165, 1.54) is 0 Å². The minimum Gasteiger partial charge on any atom is -0.387 e. The molecule has 0 aliphatic rings. The highest BCUT2D eigenvalue weighted by atomic mass is 35.5. The summed E-state index contributed by atoms with van der Waals surface area (Å²) in [6, 6.07) is 15.2. The third kappa shape index (κ3) is 4.18. The molecule has 136 valence electrons. The first-order chi connectivity index (χ1) is 12.5. The number of rotatable bonds is 6. The van der Waals surface area contributed by atoms with Gasteiger partial charge in [-0.15, -0.1) is 0 Å². The Morgan fingerprint density at radius 1 is 0.962 bits per heavy atom. The van der Waals surface area contributed by atoms with Crippen molar-refractivity contribution in [3.63, 3.8) is 0 Å². The lowest BCUT2D eigenvalue weighted by Gasteiger charge is -2.23. The standard InChI is InChI=1S/C21H22Cl2N2O/c1-3-25(4-2)13-20(26)18-11-15-7-10-17(23)12-19(15)24-21(18)14-5-8-16(22)9-6-14/h5-12,20,26H,3-4,13H2,1-2H3. The highest BCUT2D eigenvalue weighted by Gasteiger charge is 2.18. The van der Waals surface area contributed by atoms with Gasteiger partial charge >= 0.3 is 0 Å². The summed E-state index contributed by atoms with van der Waals surface area (Å²) < 4.78 is 0. The monoisotopic (exact) mass is 388 g/mol. The zero-order chi connectivity index (χ0) is 18.7. The molecule has 0 saturated heterocycles. The van der Waals surface area contributed by atoms with Crippen LogP contribution in [0, 0.1) is 0 Å². The van der Waals surface area contributed by atoms with E-state index >= 15 is 0 Å². The predicted octanol–water partition coefficient (Wildman–Crippen LogP) is 5.58.